The van der Waals surface area contributed by atoms with Crippen LogP contribution >= 0.6 is 0 Å². The van der Waals surface area contributed by atoms with Crippen molar-refractivity contribution in [3.8, 4) is 5.75 Å². The van der Waals surface area contributed by atoms with Gasteiger partial charge in [0.15, 0.2) is 0 Å². The third-order valence-electron chi connectivity index (χ3n) is 4.25. The Kier molecular flexibility index (Phi) is 3.04. The van der Waals surface area contributed by atoms with Crippen LogP contribution in [-0.2, 0) is 0 Å². The minimum atomic E-state index is 0.851. The summed E-state index contributed by atoms with van der Waals surface area (Å²) >= 11 is 0. The predicted molar refractivity (Wildman–Crippen MR) is 68.1 cm³/mol. The molecule has 92 valence electrons. The molecule has 3 fully saturated rings. The van der Waals surface area contributed by atoms with Crippen LogP contribution in [0.1, 0.15) is 0 Å². The van der Waals surface area contributed by atoms with E-state index in [0.717, 1.165) is 12.4 Å². The number of para-hydroxylation sites is 1. The molecule has 3 aliphatic rings. The van der Waals surface area contributed by atoms with Crippen molar-refractivity contribution in [1.82, 2.24) is 4.90 Å². The molecule has 4 rings (SSSR count). The molecule has 0 aromatic heterocycles. The van der Waals surface area contributed by atoms with Crippen LogP contribution in [0.15, 0.2) is 30.3 Å². The normalized spacial score (nSPS) is 31.4. The lowest BCUT2D eigenvalue weighted by Crippen LogP contribution is -2.68. The highest BCUT2D eigenvalue weighted by atomic mass is 16.5. The topological polar surface area (TPSA) is 12.5 Å². The Bertz CT molecular complexity index is 344. The van der Waals surface area contributed by atoms with E-state index in [1.54, 1.807) is 0 Å². The monoisotopic (exact) mass is 233 g/mol. The second-order valence-electron chi connectivity index (χ2n) is 5.24. The fourth-order valence-electron chi connectivity index (χ4n) is 2.94. The first kappa shape index (κ1) is 11.1. The standard InChI is InChI=1S/C14H21N2O/c1-2-4-14(5-3-1)17-13-12-16-9-6-15(7-10-16)8-11-16/h1-5H,6-13H2/q+1. The zero-order valence-corrected chi connectivity index (χ0v) is 10.3. The van der Waals surface area contributed by atoms with Crippen LogP contribution in [0.3, 0.4) is 0 Å². The summed E-state index contributed by atoms with van der Waals surface area (Å²) in [6, 6.07) is 10.2. The van der Waals surface area contributed by atoms with Crippen LogP contribution in [0.25, 0.3) is 0 Å². The fraction of sp³-hybridized carbons (Fsp3) is 0.571. The summed E-state index contributed by atoms with van der Waals surface area (Å²) in [6.07, 6.45) is 0. The number of benzene rings is 1. The minimum Gasteiger partial charge on any atom is -0.488 e. The molecule has 0 N–H and O–H groups in total. The van der Waals surface area contributed by atoms with Gasteiger partial charge in [-0.15, -0.1) is 0 Å². The van der Waals surface area contributed by atoms with Crippen molar-refractivity contribution in [3.63, 3.8) is 0 Å². The lowest BCUT2D eigenvalue weighted by molar-refractivity contribution is -0.940. The molecule has 0 atom stereocenters. The highest BCUT2D eigenvalue weighted by Gasteiger charge is 2.37. The second kappa shape index (κ2) is 4.67. The number of ether oxygens (including phenoxy) is 1. The molecule has 3 nitrogen and oxygen atoms in total. The first-order valence-corrected chi connectivity index (χ1v) is 6.62. The average molecular weight is 233 g/mol. The molecule has 3 aliphatic heterocycles. The van der Waals surface area contributed by atoms with Crippen molar-refractivity contribution in [1.29, 1.82) is 0 Å². The molecule has 17 heavy (non-hydrogen) atoms. The van der Waals surface area contributed by atoms with Crippen LogP contribution in [0.5, 0.6) is 5.75 Å². The molecule has 3 heteroatoms. The van der Waals surface area contributed by atoms with Crippen LogP contribution in [-0.4, -0.2) is 61.8 Å². The van der Waals surface area contributed by atoms with Gasteiger partial charge in [-0.25, -0.2) is 0 Å². The summed E-state index contributed by atoms with van der Waals surface area (Å²) in [4.78, 5) is 2.58. The number of rotatable bonds is 4. The first-order chi connectivity index (χ1) is 8.36. The van der Waals surface area contributed by atoms with Gasteiger partial charge in [0.25, 0.3) is 0 Å². The molecule has 0 saturated carbocycles. The van der Waals surface area contributed by atoms with Crippen molar-refractivity contribution < 1.29 is 9.22 Å². The Balaban J connectivity index is 1.51. The SMILES string of the molecule is c1ccc(OCC[N+]23CCN(CC2)CC3)cc1. The number of fused-ring (bicyclic) bond motifs is 3. The highest BCUT2D eigenvalue weighted by Crippen LogP contribution is 2.19. The maximum Gasteiger partial charge on any atom is 0.137 e. The Hall–Kier alpha value is -1.06. The van der Waals surface area contributed by atoms with E-state index < -0.39 is 0 Å². The fourth-order valence-corrected chi connectivity index (χ4v) is 2.94. The predicted octanol–water partition coefficient (Wildman–Crippen LogP) is 1.21. The minimum absolute atomic E-state index is 0.851. The Labute approximate surface area is 103 Å². The van der Waals surface area contributed by atoms with E-state index in [1.165, 1.54) is 50.3 Å². The molecule has 3 saturated heterocycles. The van der Waals surface area contributed by atoms with E-state index in [2.05, 4.69) is 4.90 Å². The number of nitrogens with zero attached hydrogens (tertiary/aromatic N) is 2. The van der Waals surface area contributed by atoms with Gasteiger partial charge in [-0.3, -0.25) is 4.90 Å². The lowest BCUT2D eigenvalue weighted by Gasteiger charge is -2.50. The van der Waals surface area contributed by atoms with Gasteiger partial charge in [0, 0.05) is 19.6 Å². The largest absolute Gasteiger partial charge is 0.488 e. The molecule has 2 bridgehead atoms. The average Bonchev–Trinajstić information content (AvgIpc) is 2.42. The second-order valence-corrected chi connectivity index (χ2v) is 5.24. The van der Waals surface area contributed by atoms with Gasteiger partial charge in [-0.1, -0.05) is 18.2 Å². The van der Waals surface area contributed by atoms with E-state index in [-0.39, 0.29) is 0 Å². The van der Waals surface area contributed by atoms with Crippen molar-refractivity contribution >= 4 is 0 Å². The summed E-state index contributed by atoms with van der Waals surface area (Å²) in [6.45, 7) is 9.82. The Morgan fingerprint density at radius 2 is 1.65 bits per heavy atom. The molecular formula is C14H21N2O+. The summed E-state index contributed by atoms with van der Waals surface area (Å²) in [5, 5.41) is 0. The third-order valence-corrected chi connectivity index (χ3v) is 4.25. The van der Waals surface area contributed by atoms with Crippen molar-refractivity contribution in [2.75, 3.05) is 52.4 Å². The first-order valence-electron chi connectivity index (χ1n) is 6.62. The zero-order chi connectivity index (χ0) is 11.6. The third kappa shape index (κ3) is 2.45. The van der Waals surface area contributed by atoms with Gasteiger partial charge >= 0.3 is 0 Å². The summed E-state index contributed by atoms with van der Waals surface area (Å²) < 4.78 is 7.10. The van der Waals surface area contributed by atoms with Gasteiger partial charge in [0.1, 0.15) is 18.9 Å². The molecule has 0 aliphatic carbocycles. The zero-order valence-electron chi connectivity index (χ0n) is 10.3. The molecule has 1 aromatic carbocycles. The molecule has 0 spiro atoms. The van der Waals surface area contributed by atoms with Gasteiger partial charge in [0.05, 0.1) is 19.6 Å². The maximum atomic E-state index is 5.82. The number of hydrogen-bond donors (Lipinski definition) is 0. The maximum absolute atomic E-state index is 5.82. The van der Waals surface area contributed by atoms with Crippen LogP contribution < -0.4 is 4.74 Å². The molecule has 3 heterocycles. The Morgan fingerprint density at radius 3 is 2.29 bits per heavy atom. The van der Waals surface area contributed by atoms with Gasteiger partial charge in [0.2, 0.25) is 0 Å². The van der Waals surface area contributed by atoms with Crippen molar-refractivity contribution in [2.45, 2.75) is 0 Å². The van der Waals surface area contributed by atoms with Crippen LogP contribution in [0.2, 0.25) is 0 Å². The highest BCUT2D eigenvalue weighted by molar-refractivity contribution is 5.20. The van der Waals surface area contributed by atoms with Crippen LogP contribution in [0.4, 0.5) is 0 Å². The summed E-state index contributed by atoms with van der Waals surface area (Å²) in [7, 11) is 0. The van der Waals surface area contributed by atoms with Crippen molar-refractivity contribution in [2.24, 2.45) is 0 Å². The number of piperazine rings is 3. The lowest BCUT2D eigenvalue weighted by atomic mass is 10.1. The van der Waals surface area contributed by atoms with E-state index in [0.29, 0.717) is 0 Å². The molecule has 0 radical (unpaired) electrons. The summed E-state index contributed by atoms with van der Waals surface area (Å²) in [5.41, 5.74) is 0. The number of quaternary nitrogens is 1. The van der Waals surface area contributed by atoms with E-state index in [4.69, 9.17) is 4.74 Å². The molecule has 0 unspecified atom stereocenters. The number of hydrogen-bond acceptors (Lipinski definition) is 2. The Morgan fingerprint density at radius 1 is 1.00 bits per heavy atom. The van der Waals surface area contributed by atoms with Gasteiger partial charge < -0.3 is 9.22 Å². The quantitative estimate of drug-likeness (QED) is 0.725. The molecule has 0 amide bonds. The van der Waals surface area contributed by atoms with E-state index >= 15 is 0 Å². The van der Waals surface area contributed by atoms with E-state index in [9.17, 15) is 0 Å². The van der Waals surface area contributed by atoms with Crippen molar-refractivity contribution in [3.05, 3.63) is 30.3 Å². The van der Waals surface area contributed by atoms with E-state index in [1.807, 2.05) is 30.3 Å². The molecular weight excluding hydrogens is 212 g/mol. The smallest absolute Gasteiger partial charge is 0.137 e. The van der Waals surface area contributed by atoms with Gasteiger partial charge in [-0.05, 0) is 12.1 Å². The summed E-state index contributed by atoms with van der Waals surface area (Å²) in [5.74, 6) is 1.00. The van der Waals surface area contributed by atoms with Crippen LogP contribution in [0, 0.1) is 0 Å². The van der Waals surface area contributed by atoms with Gasteiger partial charge in [-0.2, -0.15) is 0 Å². The molecule has 1 aromatic rings.